The van der Waals surface area contributed by atoms with Crippen LogP contribution in [0.4, 0.5) is 10.1 Å². The minimum absolute atomic E-state index is 0.245. The summed E-state index contributed by atoms with van der Waals surface area (Å²) in [4.78, 5) is 13.7. The van der Waals surface area contributed by atoms with Crippen LogP contribution in [0.2, 0.25) is 0 Å². The number of hydrogen-bond donors (Lipinski definition) is 1. The number of likely N-dealkylation sites (N-methyl/N-ethyl adjacent to an activating group) is 1. The van der Waals surface area contributed by atoms with Crippen LogP contribution in [-0.4, -0.2) is 38.8 Å². The highest BCUT2D eigenvalue weighted by Crippen LogP contribution is 2.15. The number of nitrogens with one attached hydrogen (secondary N) is 1. The summed E-state index contributed by atoms with van der Waals surface area (Å²) in [6.45, 7) is 6.19. The number of carbonyl (C=O) groups excluding carboxylic acids is 1. The van der Waals surface area contributed by atoms with Crippen LogP contribution < -0.4 is 10.2 Å². The molecule has 0 saturated carbocycles. The van der Waals surface area contributed by atoms with Crippen molar-refractivity contribution in [3.8, 4) is 0 Å². The topological polar surface area (TPSA) is 41.6 Å². The quantitative estimate of drug-likeness (QED) is 0.742. The summed E-state index contributed by atoms with van der Waals surface area (Å²) < 4.78 is 17.7. The summed E-state index contributed by atoms with van der Waals surface area (Å²) >= 11 is 0. The van der Waals surface area contributed by atoms with Gasteiger partial charge in [0.1, 0.15) is 11.9 Å². The van der Waals surface area contributed by atoms with Gasteiger partial charge in [-0.1, -0.05) is 6.92 Å². The van der Waals surface area contributed by atoms with Gasteiger partial charge >= 0.3 is 5.97 Å². The van der Waals surface area contributed by atoms with Crippen LogP contribution in [0.1, 0.15) is 20.3 Å². The zero-order valence-electron chi connectivity index (χ0n) is 12.4. The van der Waals surface area contributed by atoms with E-state index in [1.807, 2.05) is 13.8 Å². The molecule has 1 aromatic carbocycles. The molecule has 1 rings (SSSR count). The van der Waals surface area contributed by atoms with Gasteiger partial charge in [0, 0.05) is 18.8 Å². The van der Waals surface area contributed by atoms with E-state index in [1.54, 1.807) is 12.1 Å². The zero-order valence-corrected chi connectivity index (χ0v) is 12.4. The Balaban J connectivity index is 2.63. The van der Waals surface area contributed by atoms with Gasteiger partial charge in [-0.2, -0.15) is 0 Å². The fourth-order valence-corrected chi connectivity index (χ4v) is 2.10. The molecule has 0 bridgehead atoms. The largest absolute Gasteiger partial charge is 0.468 e. The highest BCUT2D eigenvalue weighted by molar-refractivity contribution is 5.75. The maximum atomic E-state index is 12.9. The van der Waals surface area contributed by atoms with E-state index in [0.717, 1.165) is 12.2 Å². The normalized spacial score (nSPS) is 12.0. The van der Waals surface area contributed by atoms with Crippen LogP contribution in [-0.2, 0) is 9.53 Å². The van der Waals surface area contributed by atoms with Gasteiger partial charge in [-0.3, -0.25) is 4.79 Å². The molecule has 0 fully saturated rings. The van der Waals surface area contributed by atoms with Crippen molar-refractivity contribution in [2.75, 3.05) is 31.6 Å². The first-order valence-corrected chi connectivity index (χ1v) is 6.94. The molecule has 4 nitrogen and oxygen atoms in total. The number of nitrogens with zero attached hydrogens (tertiary/aromatic N) is 1. The molecule has 0 saturated heterocycles. The van der Waals surface area contributed by atoms with Crippen molar-refractivity contribution in [2.24, 2.45) is 0 Å². The monoisotopic (exact) mass is 282 g/mol. The number of benzene rings is 1. The zero-order chi connectivity index (χ0) is 15.0. The highest BCUT2D eigenvalue weighted by Gasteiger charge is 2.18. The first kappa shape index (κ1) is 16.4. The third-order valence-corrected chi connectivity index (χ3v) is 3.20. The van der Waals surface area contributed by atoms with E-state index >= 15 is 0 Å². The van der Waals surface area contributed by atoms with Gasteiger partial charge in [0.05, 0.1) is 7.11 Å². The van der Waals surface area contributed by atoms with Gasteiger partial charge in [-0.15, -0.1) is 0 Å². The maximum absolute atomic E-state index is 12.9. The van der Waals surface area contributed by atoms with Gasteiger partial charge in [0.2, 0.25) is 0 Å². The second-order valence-corrected chi connectivity index (χ2v) is 4.48. The van der Waals surface area contributed by atoms with E-state index < -0.39 is 0 Å². The lowest BCUT2D eigenvalue weighted by molar-refractivity contribution is -0.143. The van der Waals surface area contributed by atoms with Gasteiger partial charge < -0.3 is 15.0 Å². The molecule has 20 heavy (non-hydrogen) atoms. The van der Waals surface area contributed by atoms with Crippen molar-refractivity contribution in [2.45, 2.75) is 26.3 Å². The van der Waals surface area contributed by atoms with E-state index in [-0.39, 0.29) is 17.8 Å². The number of ether oxygens (including phenoxy) is 1. The predicted molar refractivity (Wildman–Crippen MR) is 78.4 cm³/mol. The van der Waals surface area contributed by atoms with Crippen LogP contribution >= 0.6 is 0 Å². The molecule has 1 N–H and O–H groups in total. The number of carbonyl (C=O) groups is 1. The van der Waals surface area contributed by atoms with Gasteiger partial charge in [-0.05, 0) is 44.2 Å². The van der Waals surface area contributed by atoms with Crippen LogP contribution in [0.25, 0.3) is 0 Å². The first-order chi connectivity index (χ1) is 9.62. The van der Waals surface area contributed by atoms with Crippen LogP contribution in [0.5, 0.6) is 0 Å². The average Bonchev–Trinajstić information content (AvgIpc) is 2.47. The lowest BCUT2D eigenvalue weighted by Crippen LogP contribution is -2.40. The smallest absolute Gasteiger partial charge is 0.322 e. The summed E-state index contributed by atoms with van der Waals surface area (Å²) in [7, 11) is 1.39. The van der Waals surface area contributed by atoms with Crippen LogP contribution in [0.3, 0.4) is 0 Å². The second kappa shape index (κ2) is 8.53. The number of hydrogen-bond acceptors (Lipinski definition) is 4. The summed E-state index contributed by atoms with van der Waals surface area (Å²) in [6, 6.07) is 6.08. The Labute approximate surface area is 119 Å². The fourth-order valence-electron chi connectivity index (χ4n) is 2.10. The predicted octanol–water partition coefficient (Wildman–Crippen LogP) is 2.19. The first-order valence-electron chi connectivity index (χ1n) is 6.94. The average molecular weight is 282 g/mol. The molecule has 0 aliphatic carbocycles. The maximum Gasteiger partial charge on any atom is 0.322 e. The molecule has 1 aromatic rings. The molecule has 5 heteroatoms. The molecule has 0 heterocycles. The third kappa shape index (κ3) is 4.81. The van der Waals surface area contributed by atoms with Crippen molar-refractivity contribution < 1.29 is 13.9 Å². The highest BCUT2D eigenvalue weighted by atomic mass is 19.1. The number of rotatable bonds is 8. The Kier molecular flexibility index (Phi) is 7.01. The number of anilines is 1. The molecule has 0 spiro atoms. The third-order valence-electron chi connectivity index (χ3n) is 3.20. The van der Waals surface area contributed by atoms with Crippen molar-refractivity contribution in [1.82, 2.24) is 5.32 Å². The summed E-state index contributed by atoms with van der Waals surface area (Å²) in [5.41, 5.74) is 0.953. The van der Waals surface area contributed by atoms with Crippen molar-refractivity contribution in [1.29, 1.82) is 0 Å². The molecule has 1 unspecified atom stereocenters. The summed E-state index contributed by atoms with van der Waals surface area (Å²) in [5.74, 6) is -0.494. The number of halogens is 1. The van der Waals surface area contributed by atoms with Crippen molar-refractivity contribution in [3.63, 3.8) is 0 Å². The minimum atomic E-state index is -0.306. The minimum Gasteiger partial charge on any atom is -0.468 e. The van der Waals surface area contributed by atoms with Crippen LogP contribution in [0.15, 0.2) is 24.3 Å². The number of esters is 1. The molecular formula is C15H23FN2O2. The molecule has 0 amide bonds. The Morgan fingerprint density at radius 2 is 2.00 bits per heavy atom. The second-order valence-electron chi connectivity index (χ2n) is 4.48. The lowest BCUT2D eigenvalue weighted by atomic mass is 10.2. The van der Waals surface area contributed by atoms with Crippen molar-refractivity contribution >= 4 is 11.7 Å². The van der Waals surface area contributed by atoms with E-state index in [0.29, 0.717) is 19.5 Å². The molecule has 112 valence electrons. The molecular weight excluding hydrogens is 259 g/mol. The van der Waals surface area contributed by atoms with Crippen LogP contribution in [0, 0.1) is 5.82 Å². The van der Waals surface area contributed by atoms with E-state index in [4.69, 9.17) is 4.74 Å². The Morgan fingerprint density at radius 3 is 2.50 bits per heavy atom. The molecule has 1 atom stereocenters. The standard InChI is InChI=1S/C15H23FN2O2/c1-4-17-14(15(19)20-3)10-11-18(5-2)13-8-6-12(16)7-9-13/h6-9,14,17H,4-5,10-11H2,1-3H3. The number of methoxy groups -OCH3 is 1. The molecule has 0 aliphatic rings. The fraction of sp³-hybridized carbons (Fsp3) is 0.533. The van der Waals surface area contributed by atoms with Gasteiger partial charge in [0.15, 0.2) is 0 Å². The van der Waals surface area contributed by atoms with Gasteiger partial charge in [0.25, 0.3) is 0 Å². The van der Waals surface area contributed by atoms with Gasteiger partial charge in [-0.25, -0.2) is 4.39 Å². The Bertz CT molecular complexity index is 409. The Morgan fingerprint density at radius 1 is 1.35 bits per heavy atom. The molecule has 0 radical (unpaired) electrons. The SMILES string of the molecule is CCNC(CCN(CC)c1ccc(F)cc1)C(=O)OC. The Hall–Kier alpha value is -1.62. The lowest BCUT2D eigenvalue weighted by Gasteiger charge is -2.25. The summed E-state index contributed by atoms with van der Waals surface area (Å²) in [5, 5.41) is 3.11. The summed E-state index contributed by atoms with van der Waals surface area (Å²) in [6.07, 6.45) is 0.645. The van der Waals surface area contributed by atoms with E-state index in [9.17, 15) is 9.18 Å². The van der Waals surface area contributed by atoms with E-state index in [2.05, 4.69) is 10.2 Å². The van der Waals surface area contributed by atoms with Crippen molar-refractivity contribution in [3.05, 3.63) is 30.1 Å². The van der Waals surface area contributed by atoms with E-state index in [1.165, 1.54) is 19.2 Å². The molecule has 0 aliphatic heterocycles. The molecule has 0 aromatic heterocycles.